The number of hydrogen-bond acceptors (Lipinski definition) is 3. The molecule has 0 bridgehead atoms. The van der Waals surface area contributed by atoms with E-state index in [2.05, 4.69) is 32.8 Å². The molecule has 18 heavy (non-hydrogen) atoms. The predicted molar refractivity (Wildman–Crippen MR) is 74.4 cm³/mol. The molecule has 0 unspecified atom stereocenters. The molecule has 0 saturated carbocycles. The first kappa shape index (κ1) is 15.2. The zero-order chi connectivity index (χ0) is 13.9. The van der Waals surface area contributed by atoms with Crippen molar-refractivity contribution in [3.8, 4) is 18.4 Å². The Kier molecular flexibility index (Phi) is 4.61. The van der Waals surface area contributed by atoms with Gasteiger partial charge in [-0.3, -0.25) is 0 Å². The van der Waals surface area contributed by atoms with Gasteiger partial charge in [0.25, 0.3) is 0 Å². The van der Waals surface area contributed by atoms with Crippen molar-refractivity contribution >= 4 is 8.32 Å². The van der Waals surface area contributed by atoms with E-state index in [1.54, 1.807) is 0 Å². The summed E-state index contributed by atoms with van der Waals surface area (Å²) in [5, 5.41) is 9.43. The summed E-state index contributed by atoms with van der Waals surface area (Å²) in [5.41, 5.74) is -1.49. The molecule has 100 valence electrons. The molecule has 3 nitrogen and oxygen atoms in total. The fourth-order valence-corrected chi connectivity index (χ4v) is 5.47. The molecule has 0 aromatic heterocycles. The van der Waals surface area contributed by atoms with E-state index >= 15 is 0 Å². The van der Waals surface area contributed by atoms with Crippen LogP contribution in [0.1, 0.15) is 27.7 Å². The van der Waals surface area contributed by atoms with E-state index in [1.807, 2.05) is 6.92 Å². The minimum Gasteiger partial charge on any atom is -0.399 e. The van der Waals surface area contributed by atoms with E-state index in [9.17, 15) is 5.26 Å². The van der Waals surface area contributed by atoms with Crippen LogP contribution in [-0.4, -0.2) is 27.1 Å². The summed E-state index contributed by atoms with van der Waals surface area (Å²) >= 11 is 0. The first-order valence-electron chi connectivity index (χ1n) is 6.64. The number of hydrogen-bond donors (Lipinski definition) is 0. The van der Waals surface area contributed by atoms with Crippen molar-refractivity contribution in [3.63, 3.8) is 0 Å². The van der Waals surface area contributed by atoms with Gasteiger partial charge in [0, 0.05) is 0 Å². The molecule has 1 saturated heterocycles. The largest absolute Gasteiger partial charge is 0.399 e. The molecule has 0 aromatic carbocycles. The van der Waals surface area contributed by atoms with Gasteiger partial charge in [0.2, 0.25) is 0 Å². The van der Waals surface area contributed by atoms with E-state index < -0.39 is 19.3 Å². The van der Waals surface area contributed by atoms with Crippen LogP contribution in [-0.2, 0) is 9.16 Å². The monoisotopic (exact) mass is 265 g/mol. The number of nitrogens with zero attached hydrogens (tertiary/aromatic N) is 1. The molecule has 0 amide bonds. The van der Waals surface area contributed by atoms with Crippen LogP contribution in [0.3, 0.4) is 0 Å². The van der Waals surface area contributed by atoms with Gasteiger partial charge in [-0.2, -0.15) is 5.26 Å². The van der Waals surface area contributed by atoms with Gasteiger partial charge >= 0.3 is 0 Å². The van der Waals surface area contributed by atoms with E-state index in [-0.39, 0.29) is 0 Å². The lowest BCUT2D eigenvalue weighted by Crippen LogP contribution is -2.62. The normalized spacial score (nSPS) is 21.2. The highest BCUT2D eigenvalue weighted by Crippen LogP contribution is 2.43. The smallest absolute Gasteiger partial charge is 0.194 e. The zero-order valence-corrected chi connectivity index (χ0v) is 12.9. The molecule has 0 spiro atoms. The van der Waals surface area contributed by atoms with Crippen molar-refractivity contribution in [2.45, 2.75) is 51.4 Å². The van der Waals surface area contributed by atoms with Crippen molar-refractivity contribution < 1.29 is 9.16 Å². The van der Waals surface area contributed by atoms with Gasteiger partial charge in [-0.25, -0.2) is 0 Å². The summed E-state index contributed by atoms with van der Waals surface area (Å²) in [6, 6.07) is 5.41. The highest BCUT2D eigenvalue weighted by atomic mass is 28.4. The molecule has 0 aromatic rings. The molecule has 1 rings (SSSR count). The van der Waals surface area contributed by atoms with Crippen molar-refractivity contribution in [1.82, 2.24) is 0 Å². The molecule has 1 aliphatic rings. The van der Waals surface area contributed by atoms with Crippen LogP contribution in [0.15, 0.2) is 0 Å². The second kappa shape index (κ2) is 5.44. The Morgan fingerprint density at radius 1 is 1.33 bits per heavy atom. The Hall–Kier alpha value is -0.813. The summed E-state index contributed by atoms with van der Waals surface area (Å²) in [5.74, 6) is 2.74. The van der Waals surface area contributed by atoms with E-state index in [0.29, 0.717) is 13.2 Å². The minimum absolute atomic E-state index is 0.381. The van der Waals surface area contributed by atoms with Gasteiger partial charge in [-0.15, -0.1) is 6.42 Å². The third-order valence-corrected chi connectivity index (χ3v) is 9.16. The van der Waals surface area contributed by atoms with Crippen LogP contribution in [0, 0.1) is 29.1 Å². The highest BCUT2D eigenvalue weighted by Gasteiger charge is 2.57. The van der Waals surface area contributed by atoms with Gasteiger partial charge in [0.05, 0.1) is 19.3 Å². The quantitative estimate of drug-likeness (QED) is 0.548. The van der Waals surface area contributed by atoms with Crippen molar-refractivity contribution in [2.75, 3.05) is 13.2 Å². The van der Waals surface area contributed by atoms with Crippen LogP contribution in [0.2, 0.25) is 18.1 Å². The standard InChI is InChI=1S/C14H23NO2Si/c1-6-13(5,14(10-15)11-16-12-14)17-18(7-2,8-3)9-4/h1H,7-9,11-12H2,2-5H3/t13-/m1/s1. The van der Waals surface area contributed by atoms with Gasteiger partial charge in [0.1, 0.15) is 11.0 Å². The maximum atomic E-state index is 9.43. The molecule has 4 heteroatoms. The summed E-state index contributed by atoms with van der Waals surface area (Å²) in [6.07, 6.45) is 5.69. The molecule has 1 heterocycles. The Bertz CT molecular complexity index is 366. The topological polar surface area (TPSA) is 42.2 Å². The molecule has 0 N–H and O–H groups in total. The van der Waals surface area contributed by atoms with Crippen LogP contribution in [0.4, 0.5) is 0 Å². The maximum Gasteiger partial charge on any atom is 0.194 e. The molecule has 1 atom stereocenters. The van der Waals surface area contributed by atoms with Gasteiger partial charge < -0.3 is 9.16 Å². The molecule has 1 aliphatic heterocycles. The third kappa shape index (κ3) is 2.21. The number of ether oxygens (including phenoxy) is 1. The van der Waals surface area contributed by atoms with E-state index in [4.69, 9.17) is 15.6 Å². The predicted octanol–water partition coefficient (Wildman–Crippen LogP) is 2.94. The lowest BCUT2D eigenvalue weighted by molar-refractivity contribution is -0.152. The summed E-state index contributed by atoms with van der Waals surface area (Å²) in [4.78, 5) is 0. The maximum absolute atomic E-state index is 9.43. The second-order valence-corrected chi connectivity index (χ2v) is 9.90. The van der Waals surface area contributed by atoms with Gasteiger partial charge in [0.15, 0.2) is 8.32 Å². The molecule has 0 aliphatic carbocycles. The van der Waals surface area contributed by atoms with Crippen molar-refractivity contribution in [1.29, 1.82) is 5.26 Å². The first-order chi connectivity index (χ1) is 8.47. The van der Waals surface area contributed by atoms with E-state index in [0.717, 1.165) is 18.1 Å². The fraction of sp³-hybridized carbons (Fsp3) is 0.786. The molecule has 0 radical (unpaired) electrons. The Labute approximate surface area is 112 Å². The highest BCUT2D eigenvalue weighted by molar-refractivity contribution is 6.73. The summed E-state index contributed by atoms with van der Waals surface area (Å²) in [7, 11) is -1.83. The van der Waals surface area contributed by atoms with Crippen LogP contribution >= 0.6 is 0 Å². The number of terminal acetylenes is 1. The van der Waals surface area contributed by atoms with Gasteiger partial charge in [-0.1, -0.05) is 26.7 Å². The van der Waals surface area contributed by atoms with E-state index in [1.165, 1.54) is 0 Å². The SMILES string of the molecule is C#C[C@@](C)(O[Si](CC)(CC)CC)C1(C#N)COC1. The summed E-state index contributed by atoms with van der Waals surface area (Å²) in [6.45, 7) is 9.12. The van der Waals surface area contributed by atoms with Crippen molar-refractivity contribution in [3.05, 3.63) is 0 Å². The van der Waals surface area contributed by atoms with Crippen LogP contribution in [0.25, 0.3) is 0 Å². The van der Waals surface area contributed by atoms with Crippen LogP contribution in [0.5, 0.6) is 0 Å². The second-order valence-electron chi connectivity index (χ2n) is 5.21. The number of rotatable bonds is 6. The average Bonchev–Trinajstić information content (AvgIpc) is 2.35. The van der Waals surface area contributed by atoms with Gasteiger partial charge in [-0.05, 0) is 25.1 Å². The molecular weight excluding hydrogens is 242 g/mol. The third-order valence-electron chi connectivity index (χ3n) is 4.45. The van der Waals surface area contributed by atoms with Crippen LogP contribution < -0.4 is 0 Å². The van der Waals surface area contributed by atoms with Crippen molar-refractivity contribution in [2.24, 2.45) is 5.41 Å². The minimum atomic E-state index is -1.83. The summed E-state index contributed by atoms with van der Waals surface area (Å²) < 4.78 is 11.6. The fourth-order valence-electron chi connectivity index (χ4n) is 2.42. The first-order valence-corrected chi connectivity index (χ1v) is 9.17. The zero-order valence-electron chi connectivity index (χ0n) is 11.9. The number of nitriles is 1. The average molecular weight is 265 g/mol. The lowest BCUT2D eigenvalue weighted by Gasteiger charge is -2.49. The Morgan fingerprint density at radius 3 is 2.06 bits per heavy atom. The molecule has 1 fully saturated rings. The molecular formula is C14H23NO2Si. The Balaban J connectivity index is 3.04. The lowest BCUT2D eigenvalue weighted by atomic mass is 9.73. The Morgan fingerprint density at radius 2 is 1.83 bits per heavy atom.